The number of nitrogens with two attached hydrogens (primary N) is 1. The van der Waals surface area contributed by atoms with Crippen molar-refractivity contribution in [2.75, 3.05) is 27.1 Å². The summed E-state index contributed by atoms with van der Waals surface area (Å²) in [7, 11) is 4.06. The van der Waals surface area contributed by atoms with E-state index in [9.17, 15) is 9.59 Å². The van der Waals surface area contributed by atoms with Gasteiger partial charge in [-0.2, -0.15) is 0 Å². The molecule has 0 bridgehead atoms. The average molecular weight is 347 g/mol. The molecule has 24 heavy (non-hydrogen) atoms. The lowest BCUT2D eigenvalue weighted by Crippen LogP contribution is -2.06. The second kappa shape index (κ2) is 7.74. The first kappa shape index (κ1) is 17.7. The van der Waals surface area contributed by atoms with Crippen molar-refractivity contribution in [3.05, 3.63) is 47.5 Å². The molecule has 0 aliphatic rings. The van der Waals surface area contributed by atoms with E-state index in [4.69, 9.17) is 19.9 Å². The fraction of sp³-hybridized carbons (Fsp3) is 0.176. The molecular weight excluding hydrogens is 330 g/mol. The van der Waals surface area contributed by atoms with Crippen molar-refractivity contribution < 1.29 is 23.8 Å². The van der Waals surface area contributed by atoms with Gasteiger partial charge in [0.05, 0.1) is 26.9 Å². The predicted octanol–water partition coefficient (Wildman–Crippen LogP) is 3.00. The molecule has 0 aliphatic heterocycles. The Balaban J connectivity index is 2.45. The largest absolute Gasteiger partial charge is 0.496 e. The third-order valence-corrected chi connectivity index (χ3v) is 4.40. The number of rotatable bonds is 5. The minimum absolute atomic E-state index is 0.239. The molecule has 0 amide bonds. The second-order valence-corrected chi connectivity index (χ2v) is 5.76. The van der Waals surface area contributed by atoms with Gasteiger partial charge in [0, 0.05) is 15.5 Å². The molecule has 0 radical (unpaired) electrons. The van der Waals surface area contributed by atoms with Crippen LogP contribution in [0.3, 0.4) is 0 Å². The van der Waals surface area contributed by atoms with E-state index in [0.29, 0.717) is 26.8 Å². The Labute approximate surface area is 143 Å². The smallest absolute Gasteiger partial charge is 0.341 e. The van der Waals surface area contributed by atoms with E-state index in [1.165, 1.54) is 39.2 Å². The number of nitrogen functional groups attached to an aromatic ring is 1. The standard InChI is InChI=1S/C17H17NO5S/c1-21-13-9-15(12(18)8-11(13)17(20)23-3)24-14-7-5-4-6-10(14)16(19)22-2/h4-9H,18H2,1-3H3. The highest BCUT2D eigenvalue weighted by Gasteiger charge is 2.18. The predicted molar refractivity (Wildman–Crippen MR) is 90.7 cm³/mol. The molecule has 0 spiro atoms. The van der Waals surface area contributed by atoms with Gasteiger partial charge >= 0.3 is 11.9 Å². The van der Waals surface area contributed by atoms with Crippen LogP contribution in [-0.2, 0) is 9.47 Å². The van der Waals surface area contributed by atoms with Crippen molar-refractivity contribution in [3.8, 4) is 5.75 Å². The zero-order chi connectivity index (χ0) is 17.7. The average Bonchev–Trinajstić information content (AvgIpc) is 2.62. The fourth-order valence-electron chi connectivity index (χ4n) is 2.06. The molecular formula is C17H17NO5S. The Morgan fingerprint density at radius 3 is 2.17 bits per heavy atom. The van der Waals surface area contributed by atoms with Crippen molar-refractivity contribution in [3.63, 3.8) is 0 Å². The van der Waals surface area contributed by atoms with Crippen LogP contribution < -0.4 is 10.5 Å². The van der Waals surface area contributed by atoms with E-state index in [0.717, 1.165) is 0 Å². The zero-order valence-electron chi connectivity index (χ0n) is 13.5. The third-order valence-electron chi connectivity index (χ3n) is 3.25. The summed E-state index contributed by atoms with van der Waals surface area (Å²) < 4.78 is 14.7. The number of anilines is 1. The monoisotopic (exact) mass is 347 g/mol. The fourth-order valence-corrected chi connectivity index (χ4v) is 3.04. The molecule has 0 aliphatic carbocycles. The van der Waals surface area contributed by atoms with Crippen LogP contribution >= 0.6 is 11.8 Å². The lowest BCUT2D eigenvalue weighted by atomic mass is 10.2. The molecule has 0 saturated carbocycles. The van der Waals surface area contributed by atoms with E-state index in [2.05, 4.69) is 0 Å². The number of hydrogen-bond donors (Lipinski definition) is 1. The highest BCUT2D eigenvalue weighted by atomic mass is 32.2. The van der Waals surface area contributed by atoms with Crippen molar-refractivity contribution in [2.45, 2.75) is 9.79 Å². The SMILES string of the molecule is COC(=O)c1cc(N)c(Sc2ccccc2C(=O)OC)cc1OC. The lowest BCUT2D eigenvalue weighted by Gasteiger charge is -2.13. The summed E-state index contributed by atoms with van der Waals surface area (Å²) in [5.74, 6) is -0.631. The molecule has 2 rings (SSSR count). The van der Waals surface area contributed by atoms with Crippen molar-refractivity contribution in [1.82, 2.24) is 0 Å². The zero-order valence-corrected chi connectivity index (χ0v) is 14.3. The van der Waals surface area contributed by atoms with Crippen LogP contribution in [0.15, 0.2) is 46.2 Å². The first-order valence-corrected chi connectivity index (χ1v) is 7.74. The van der Waals surface area contributed by atoms with Crippen molar-refractivity contribution >= 4 is 29.4 Å². The molecule has 2 N–H and O–H groups in total. The third kappa shape index (κ3) is 3.62. The Kier molecular flexibility index (Phi) is 5.70. The quantitative estimate of drug-likeness (QED) is 0.657. The van der Waals surface area contributed by atoms with E-state index in [1.54, 1.807) is 24.3 Å². The van der Waals surface area contributed by atoms with Gasteiger partial charge in [0.2, 0.25) is 0 Å². The summed E-state index contributed by atoms with van der Waals surface area (Å²) in [4.78, 5) is 25.0. The number of esters is 2. The molecule has 0 fully saturated rings. The normalized spacial score (nSPS) is 10.1. The number of carbonyl (C=O) groups excluding carboxylic acids is 2. The van der Waals surface area contributed by atoms with Crippen molar-refractivity contribution in [1.29, 1.82) is 0 Å². The maximum absolute atomic E-state index is 11.9. The van der Waals surface area contributed by atoms with Crippen LogP contribution in [0.25, 0.3) is 0 Å². The van der Waals surface area contributed by atoms with Crippen LogP contribution in [-0.4, -0.2) is 33.3 Å². The minimum atomic E-state index is -0.537. The molecule has 0 heterocycles. The van der Waals surface area contributed by atoms with Gasteiger partial charge in [0.15, 0.2) is 0 Å². The van der Waals surface area contributed by atoms with Gasteiger partial charge in [-0.15, -0.1) is 0 Å². The number of carbonyl (C=O) groups is 2. The Morgan fingerprint density at radius 2 is 1.54 bits per heavy atom. The Bertz CT molecular complexity index is 776. The van der Waals surface area contributed by atoms with E-state index >= 15 is 0 Å². The van der Waals surface area contributed by atoms with E-state index in [1.807, 2.05) is 6.07 Å². The van der Waals surface area contributed by atoms with E-state index in [-0.39, 0.29) is 5.56 Å². The topological polar surface area (TPSA) is 87.9 Å². The second-order valence-electron chi connectivity index (χ2n) is 4.67. The van der Waals surface area contributed by atoms with Gasteiger partial charge in [-0.05, 0) is 24.3 Å². The highest BCUT2D eigenvalue weighted by molar-refractivity contribution is 7.99. The molecule has 6 nitrogen and oxygen atoms in total. The summed E-state index contributed by atoms with van der Waals surface area (Å²) in [5.41, 5.74) is 7.09. The lowest BCUT2D eigenvalue weighted by molar-refractivity contribution is 0.0588. The summed E-state index contributed by atoms with van der Waals surface area (Å²) in [5, 5.41) is 0. The molecule has 0 saturated heterocycles. The van der Waals surface area contributed by atoms with Crippen LogP contribution in [0.4, 0.5) is 5.69 Å². The summed E-state index contributed by atoms with van der Waals surface area (Å²) in [6.45, 7) is 0. The van der Waals surface area contributed by atoms with Gasteiger partial charge in [0.25, 0.3) is 0 Å². The summed E-state index contributed by atoms with van der Waals surface area (Å²) in [6.07, 6.45) is 0. The van der Waals surface area contributed by atoms with Crippen LogP contribution in [0.5, 0.6) is 5.75 Å². The molecule has 7 heteroatoms. The van der Waals surface area contributed by atoms with E-state index < -0.39 is 11.9 Å². The number of methoxy groups -OCH3 is 3. The Morgan fingerprint density at radius 1 is 0.917 bits per heavy atom. The maximum Gasteiger partial charge on any atom is 0.341 e. The number of ether oxygens (including phenoxy) is 3. The van der Waals surface area contributed by atoms with Crippen molar-refractivity contribution in [2.24, 2.45) is 0 Å². The first-order chi connectivity index (χ1) is 11.5. The molecule has 2 aromatic rings. The molecule has 2 aromatic carbocycles. The highest BCUT2D eigenvalue weighted by Crippen LogP contribution is 2.38. The summed E-state index contributed by atoms with van der Waals surface area (Å²) in [6, 6.07) is 10.2. The van der Waals surface area contributed by atoms with Gasteiger partial charge < -0.3 is 19.9 Å². The number of benzene rings is 2. The minimum Gasteiger partial charge on any atom is -0.496 e. The summed E-state index contributed by atoms with van der Waals surface area (Å²) >= 11 is 1.28. The van der Waals surface area contributed by atoms with Gasteiger partial charge in [-0.25, -0.2) is 9.59 Å². The molecule has 0 aromatic heterocycles. The maximum atomic E-state index is 11.9. The van der Waals surface area contributed by atoms with Crippen LogP contribution in [0.2, 0.25) is 0 Å². The Hall–Kier alpha value is -2.67. The molecule has 0 unspecified atom stereocenters. The van der Waals surface area contributed by atoms with Crippen LogP contribution in [0, 0.1) is 0 Å². The number of hydrogen-bond acceptors (Lipinski definition) is 7. The van der Waals surface area contributed by atoms with Gasteiger partial charge in [0.1, 0.15) is 11.3 Å². The molecule has 126 valence electrons. The van der Waals surface area contributed by atoms with Gasteiger partial charge in [-0.1, -0.05) is 23.9 Å². The first-order valence-electron chi connectivity index (χ1n) is 6.92. The van der Waals surface area contributed by atoms with Crippen LogP contribution in [0.1, 0.15) is 20.7 Å². The van der Waals surface area contributed by atoms with Gasteiger partial charge in [-0.3, -0.25) is 0 Å². The molecule has 0 atom stereocenters.